The smallest absolute Gasteiger partial charge is 0.377 e. The monoisotopic (exact) mass is 289 g/mol. The molecule has 0 bridgehead atoms. The summed E-state index contributed by atoms with van der Waals surface area (Å²) in [6.45, 7) is 5.20. The van der Waals surface area contributed by atoms with Gasteiger partial charge in [-0.3, -0.25) is 4.99 Å². The number of rotatable bonds is 12. The van der Waals surface area contributed by atoms with Crippen molar-refractivity contribution in [1.82, 2.24) is 0 Å². The second-order valence-corrected chi connectivity index (χ2v) is 7.92. The summed E-state index contributed by atoms with van der Waals surface area (Å²) in [5.41, 5.74) is 1.26. The molecule has 0 N–H and O–H groups in total. The molecule has 0 saturated carbocycles. The average Bonchev–Trinajstić information content (AvgIpc) is 2.45. The second kappa shape index (κ2) is 11.6. The lowest BCUT2D eigenvalue weighted by Gasteiger charge is -2.23. The van der Waals surface area contributed by atoms with Crippen LogP contribution in [0.25, 0.3) is 0 Å². The number of nitrogens with zero attached hydrogens (tertiary/aromatic N) is 1. The van der Waals surface area contributed by atoms with Crippen LogP contribution in [0.5, 0.6) is 0 Å². The van der Waals surface area contributed by atoms with Crippen molar-refractivity contribution in [3.8, 4) is 0 Å². The molecule has 0 saturated heterocycles. The van der Waals surface area contributed by atoms with E-state index in [9.17, 15) is 0 Å². The van der Waals surface area contributed by atoms with E-state index in [0.717, 1.165) is 25.4 Å². The molecule has 0 atom stereocenters. The Balaban J connectivity index is 3.81. The van der Waals surface area contributed by atoms with Crippen molar-refractivity contribution in [1.29, 1.82) is 0 Å². The molecule has 4 nitrogen and oxygen atoms in total. The SMILES string of the molecule is CCCCCCC(C)=NCCC[Si](OC)(OC)OC. The fourth-order valence-electron chi connectivity index (χ4n) is 2.01. The molecule has 0 aromatic carbocycles. The minimum absolute atomic E-state index is 0.823. The largest absolute Gasteiger partial charge is 0.500 e. The first kappa shape index (κ1) is 18.8. The zero-order valence-corrected chi connectivity index (χ0v) is 14.3. The summed E-state index contributed by atoms with van der Waals surface area (Å²) in [5, 5.41) is 0. The van der Waals surface area contributed by atoms with Gasteiger partial charge in [0.1, 0.15) is 0 Å². The number of unbranched alkanes of at least 4 members (excludes halogenated alkanes) is 3. The van der Waals surface area contributed by atoms with Crippen LogP contribution >= 0.6 is 0 Å². The van der Waals surface area contributed by atoms with Crippen LogP contribution in [-0.4, -0.2) is 42.4 Å². The molecule has 0 aliphatic rings. The Morgan fingerprint density at radius 3 is 2.11 bits per heavy atom. The molecule has 19 heavy (non-hydrogen) atoms. The predicted octanol–water partition coefficient (Wildman–Crippen LogP) is 3.69. The molecule has 114 valence electrons. The van der Waals surface area contributed by atoms with E-state index in [1.165, 1.54) is 31.4 Å². The summed E-state index contributed by atoms with van der Waals surface area (Å²) in [5.74, 6) is 0. The van der Waals surface area contributed by atoms with Crippen molar-refractivity contribution >= 4 is 14.5 Å². The van der Waals surface area contributed by atoms with Gasteiger partial charge in [0.15, 0.2) is 0 Å². The highest BCUT2D eigenvalue weighted by atomic mass is 28.4. The third-order valence-corrected chi connectivity index (χ3v) is 6.18. The van der Waals surface area contributed by atoms with E-state index in [2.05, 4.69) is 18.8 Å². The molecule has 0 fully saturated rings. The van der Waals surface area contributed by atoms with Gasteiger partial charge in [-0.2, -0.15) is 0 Å². The van der Waals surface area contributed by atoms with Gasteiger partial charge in [0.05, 0.1) is 0 Å². The molecule has 0 aromatic rings. The van der Waals surface area contributed by atoms with Crippen LogP contribution in [0, 0.1) is 0 Å². The van der Waals surface area contributed by atoms with Gasteiger partial charge in [-0.1, -0.05) is 26.2 Å². The zero-order chi connectivity index (χ0) is 14.6. The van der Waals surface area contributed by atoms with Gasteiger partial charge in [-0.05, 0) is 26.2 Å². The molecule has 0 radical (unpaired) electrons. The summed E-state index contributed by atoms with van der Waals surface area (Å²) >= 11 is 0. The van der Waals surface area contributed by atoms with Gasteiger partial charge in [0.2, 0.25) is 0 Å². The van der Waals surface area contributed by atoms with Crippen molar-refractivity contribution < 1.29 is 13.3 Å². The summed E-state index contributed by atoms with van der Waals surface area (Å²) in [7, 11) is 2.57. The molecule has 0 aliphatic carbocycles. The van der Waals surface area contributed by atoms with Crippen LogP contribution in [-0.2, 0) is 13.3 Å². The van der Waals surface area contributed by atoms with Crippen molar-refractivity contribution in [3.63, 3.8) is 0 Å². The van der Waals surface area contributed by atoms with Gasteiger partial charge in [0.25, 0.3) is 0 Å². The minimum atomic E-state index is -2.39. The van der Waals surface area contributed by atoms with Gasteiger partial charge in [0, 0.05) is 39.6 Å². The maximum Gasteiger partial charge on any atom is 0.500 e. The number of aliphatic imine (C=N–C) groups is 1. The lowest BCUT2D eigenvalue weighted by Crippen LogP contribution is -2.42. The van der Waals surface area contributed by atoms with Gasteiger partial charge in [-0.15, -0.1) is 0 Å². The fraction of sp³-hybridized carbons (Fsp3) is 0.929. The normalized spacial score (nSPS) is 13.0. The predicted molar refractivity (Wildman–Crippen MR) is 82.9 cm³/mol. The lowest BCUT2D eigenvalue weighted by molar-refractivity contribution is 0.123. The zero-order valence-electron chi connectivity index (χ0n) is 13.3. The van der Waals surface area contributed by atoms with Crippen LogP contribution in [0.15, 0.2) is 4.99 Å². The fourth-order valence-corrected chi connectivity index (χ4v) is 3.71. The highest BCUT2D eigenvalue weighted by Gasteiger charge is 2.36. The van der Waals surface area contributed by atoms with E-state index in [4.69, 9.17) is 13.3 Å². The molecule has 5 heteroatoms. The van der Waals surface area contributed by atoms with Crippen molar-refractivity contribution in [3.05, 3.63) is 0 Å². The molecular weight excluding hydrogens is 258 g/mol. The first-order valence-electron chi connectivity index (χ1n) is 7.29. The summed E-state index contributed by atoms with van der Waals surface area (Å²) in [6, 6.07) is 0.823. The Labute approximate surface area is 119 Å². The first-order chi connectivity index (χ1) is 9.14. The quantitative estimate of drug-likeness (QED) is 0.312. The molecule has 0 amide bonds. The minimum Gasteiger partial charge on any atom is -0.377 e. The Kier molecular flexibility index (Phi) is 11.4. The van der Waals surface area contributed by atoms with Crippen molar-refractivity contribution in [2.75, 3.05) is 27.9 Å². The van der Waals surface area contributed by atoms with Gasteiger partial charge in [-0.25, -0.2) is 0 Å². The summed E-state index contributed by atoms with van der Waals surface area (Å²) in [6.07, 6.45) is 7.27. The van der Waals surface area contributed by atoms with E-state index in [0.29, 0.717) is 0 Å². The number of hydrogen-bond donors (Lipinski definition) is 0. The molecule has 0 unspecified atom stereocenters. The van der Waals surface area contributed by atoms with Crippen molar-refractivity contribution in [2.24, 2.45) is 4.99 Å². The molecule has 0 heterocycles. The molecule has 0 aliphatic heterocycles. The van der Waals surface area contributed by atoms with Crippen LogP contribution in [0.1, 0.15) is 52.4 Å². The topological polar surface area (TPSA) is 40.0 Å². The molecule has 0 aromatic heterocycles. The first-order valence-corrected chi connectivity index (χ1v) is 9.22. The molecular formula is C14H31NO3Si. The van der Waals surface area contributed by atoms with Gasteiger partial charge >= 0.3 is 8.80 Å². The second-order valence-electron chi connectivity index (χ2n) is 4.83. The van der Waals surface area contributed by atoms with Crippen LogP contribution < -0.4 is 0 Å². The highest BCUT2D eigenvalue weighted by Crippen LogP contribution is 2.15. The third-order valence-electron chi connectivity index (χ3n) is 3.35. The van der Waals surface area contributed by atoms with E-state index < -0.39 is 8.80 Å². The van der Waals surface area contributed by atoms with E-state index in [-0.39, 0.29) is 0 Å². The summed E-state index contributed by atoms with van der Waals surface area (Å²) in [4.78, 5) is 4.60. The van der Waals surface area contributed by atoms with Crippen LogP contribution in [0.2, 0.25) is 6.04 Å². The molecule has 0 rings (SSSR count). The van der Waals surface area contributed by atoms with E-state index in [1.54, 1.807) is 21.3 Å². The van der Waals surface area contributed by atoms with Crippen LogP contribution in [0.3, 0.4) is 0 Å². The van der Waals surface area contributed by atoms with Crippen molar-refractivity contribution in [2.45, 2.75) is 58.4 Å². The maximum absolute atomic E-state index is 5.38. The Bertz CT molecular complexity index is 235. The van der Waals surface area contributed by atoms with E-state index >= 15 is 0 Å². The Morgan fingerprint density at radius 2 is 1.58 bits per heavy atom. The third kappa shape index (κ3) is 8.52. The van der Waals surface area contributed by atoms with Gasteiger partial charge < -0.3 is 13.3 Å². The standard InChI is InChI=1S/C14H31NO3Si/c1-6-7-8-9-11-14(2)15-12-10-13-19(16-3,17-4)18-5/h6-13H2,1-5H3. The maximum atomic E-state index is 5.38. The number of hydrogen-bond acceptors (Lipinski definition) is 4. The Morgan fingerprint density at radius 1 is 0.947 bits per heavy atom. The average molecular weight is 289 g/mol. The van der Waals surface area contributed by atoms with Crippen LogP contribution in [0.4, 0.5) is 0 Å². The molecule has 0 spiro atoms. The lowest BCUT2D eigenvalue weighted by atomic mass is 10.1. The summed E-state index contributed by atoms with van der Waals surface area (Å²) < 4.78 is 16.1. The highest BCUT2D eigenvalue weighted by molar-refractivity contribution is 6.60. The Hall–Kier alpha value is -0.233. The van der Waals surface area contributed by atoms with E-state index in [1.807, 2.05) is 0 Å².